The van der Waals surface area contributed by atoms with Gasteiger partial charge in [-0.25, -0.2) is 4.39 Å². The van der Waals surface area contributed by atoms with E-state index in [9.17, 15) is 9.18 Å². The van der Waals surface area contributed by atoms with Gasteiger partial charge in [0.2, 0.25) is 5.91 Å². The summed E-state index contributed by atoms with van der Waals surface area (Å²) in [4.78, 5) is 12.0. The first-order valence-corrected chi connectivity index (χ1v) is 7.85. The van der Waals surface area contributed by atoms with Gasteiger partial charge in [-0.05, 0) is 55.2 Å². The molecule has 0 bridgehead atoms. The van der Waals surface area contributed by atoms with Gasteiger partial charge in [-0.2, -0.15) is 0 Å². The van der Waals surface area contributed by atoms with Gasteiger partial charge in [0.25, 0.3) is 0 Å². The van der Waals surface area contributed by atoms with Crippen LogP contribution in [0.4, 0.5) is 4.39 Å². The summed E-state index contributed by atoms with van der Waals surface area (Å²) in [6.07, 6.45) is 4.36. The van der Waals surface area contributed by atoms with Crippen molar-refractivity contribution in [2.24, 2.45) is 11.8 Å². The molecule has 0 saturated heterocycles. The second kappa shape index (κ2) is 6.56. The van der Waals surface area contributed by atoms with E-state index in [1.807, 2.05) is 0 Å². The topological polar surface area (TPSA) is 38.3 Å². The average Bonchev–Trinajstić information content (AvgIpc) is 3.37. The minimum atomic E-state index is -0.230. The number of ether oxygens (including phenoxy) is 1. The highest BCUT2D eigenvalue weighted by Gasteiger charge is 2.43. The van der Waals surface area contributed by atoms with E-state index in [2.05, 4.69) is 5.32 Å². The number of halogens is 1. The molecule has 4 heteroatoms. The number of hydrogen-bond donors (Lipinski definition) is 1. The third kappa shape index (κ3) is 4.27. The van der Waals surface area contributed by atoms with Crippen LogP contribution >= 0.6 is 0 Å². The van der Waals surface area contributed by atoms with Crippen LogP contribution in [-0.4, -0.2) is 25.7 Å². The molecule has 1 amide bonds. The van der Waals surface area contributed by atoms with Gasteiger partial charge in [0, 0.05) is 25.7 Å². The lowest BCUT2D eigenvalue weighted by Crippen LogP contribution is -2.27. The zero-order valence-electron chi connectivity index (χ0n) is 12.2. The maximum Gasteiger partial charge on any atom is 0.223 e. The molecule has 0 spiro atoms. The molecule has 3 rings (SSSR count). The number of benzene rings is 1. The summed E-state index contributed by atoms with van der Waals surface area (Å²) in [6.45, 7) is 2.28. The minimum absolute atomic E-state index is 0.0582. The summed E-state index contributed by atoms with van der Waals surface area (Å²) in [6, 6.07) is 6.47. The van der Waals surface area contributed by atoms with Crippen molar-refractivity contribution >= 4 is 5.91 Å². The van der Waals surface area contributed by atoms with Gasteiger partial charge >= 0.3 is 0 Å². The van der Waals surface area contributed by atoms with Gasteiger partial charge in [0.1, 0.15) is 5.82 Å². The molecule has 2 fully saturated rings. The van der Waals surface area contributed by atoms with Crippen LogP contribution in [0.2, 0.25) is 0 Å². The number of carbonyl (C=O) groups excluding carboxylic acids is 1. The lowest BCUT2D eigenvalue weighted by Gasteiger charge is -2.06. The smallest absolute Gasteiger partial charge is 0.223 e. The fraction of sp³-hybridized carbons (Fsp3) is 0.588. The van der Waals surface area contributed by atoms with Crippen LogP contribution in [-0.2, 0) is 9.53 Å². The summed E-state index contributed by atoms with van der Waals surface area (Å²) in [5.74, 6) is 1.00. The Morgan fingerprint density at radius 2 is 2.05 bits per heavy atom. The summed E-state index contributed by atoms with van der Waals surface area (Å²) < 4.78 is 18.4. The molecule has 1 aromatic carbocycles. The van der Waals surface area contributed by atoms with Gasteiger partial charge in [-0.1, -0.05) is 12.1 Å². The highest BCUT2D eigenvalue weighted by molar-refractivity contribution is 5.82. The Morgan fingerprint density at radius 3 is 2.76 bits per heavy atom. The van der Waals surface area contributed by atoms with Crippen LogP contribution in [0.3, 0.4) is 0 Å². The predicted octanol–water partition coefficient (Wildman–Crippen LogP) is 2.86. The Balaban J connectivity index is 1.30. The molecular formula is C17H22FNO2. The summed E-state index contributed by atoms with van der Waals surface area (Å²) in [5.41, 5.74) is 1.06. The van der Waals surface area contributed by atoms with Gasteiger partial charge in [0.15, 0.2) is 0 Å². The molecule has 2 aliphatic carbocycles. The highest BCUT2D eigenvalue weighted by atomic mass is 19.1. The maximum absolute atomic E-state index is 12.9. The van der Waals surface area contributed by atoms with E-state index in [4.69, 9.17) is 4.74 Å². The molecule has 1 aromatic rings. The van der Waals surface area contributed by atoms with E-state index >= 15 is 0 Å². The zero-order chi connectivity index (χ0) is 14.7. The first kappa shape index (κ1) is 14.5. The molecule has 0 heterocycles. The molecule has 0 unspecified atom stereocenters. The number of amides is 1. The lowest BCUT2D eigenvalue weighted by atomic mass is 10.1. The van der Waals surface area contributed by atoms with Crippen molar-refractivity contribution in [3.63, 3.8) is 0 Å². The summed E-state index contributed by atoms with van der Waals surface area (Å²) in [7, 11) is 0. The molecule has 0 aliphatic heterocycles. The monoisotopic (exact) mass is 291 g/mol. The Labute approximate surface area is 124 Å². The largest absolute Gasteiger partial charge is 0.381 e. The van der Waals surface area contributed by atoms with E-state index < -0.39 is 0 Å². The van der Waals surface area contributed by atoms with Gasteiger partial charge in [0.05, 0.1) is 0 Å². The molecule has 2 atom stereocenters. The second-order valence-corrected chi connectivity index (χ2v) is 6.16. The van der Waals surface area contributed by atoms with Crippen LogP contribution in [0.15, 0.2) is 24.3 Å². The first-order chi connectivity index (χ1) is 10.2. The van der Waals surface area contributed by atoms with Crippen molar-refractivity contribution in [2.75, 3.05) is 19.8 Å². The molecular weight excluding hydrogens is 269 g/mol. The maximum atomic E-state index is 12.9. The normalized spacial score (nSPS) is 23.9. The Bertz CT molecular complexity index is 484. The van der Waals surface area contributed by atoms with Gasteiger partial charge in [-0.3, -0.25) is 4.79 Å². The molecule has 21 heavy (non-hydrogen) atoms. The molecule has 3 nitrogen and oxygen atoms in total. The van der Waals surface area contributed by atoms with Crippen molar-refractivity contribution in [3.05, 3.63) is 35.6 Å². The predicted molar refractivity (Wildman–Crippen MR) is 78.4 cm³/mol. The van der Waals surface area contributed by atoms with Crippen molar-refractivity contribution in [1.82, 2.24) is 5.32 Å². The number of carbonyl (C=O) groups is 1. The van der Waals surface area contributed by atoms with Gasteiger partial charge in [-0.15, -0.1) is 0 Å². The van der Waals surface area contributed by atoms with Crippen LogP contribution < -0.4 is 5.32 Å². The molecule has 2 aliphatic rings. The quantitative estimate of drug-likeness (QED) is 0.748. The third-order valence-electron chi connectivity index (χ3n) is 4.24. The average molecular weight is 291 g/mol. The minimum Gasteiger partial charge on any atom is -0.381 e. The Kier molecular flexibility index (Phi) is 4.54. The fourth-order valence-electron chi connectivity index (χ4n) is 2.61. The fourth-order valence-corrected chi connectivity index (χ4v) is 2.61. The Hall–Kier alpha value is -1.42. The van der Waals surface area contributed by atoms with Crippen molar-refractivity contribution in [3.8, 4) is 0 Å². The summed E-state index contributed by atoms with van der Waals surface area (Å²) >= 11 is 0. The number of rotatable bonds is 8. The first-order valence-electron chi connectivity index (χ1n) is 7.85. The summed E-state index contributed by atoms with van der Waals surface area (Å²) in [5, 5.41) is 2.97. The zero-order valence-corrected chi connectivity index (χ0v) is 12.2. The van der Waals surface area contributed by atoms with E-state index in [-0.39, 0.29) is 23.6 Å². The van der Waals surface area contributed by atoms with Crippen molar-refractivity contribution in [1.29, 1.82) is 0 Å². The second-order valence-electron chi connectivity index (χ2n) is 6.16. The third-order valence-corrected chi connectivity index (χ3v) is 4.24. The van der Waals surface area contributed by atoms with E-state index in [0.717, 1.165) is 37.5 Å². The molecule has 0 aromatic heterocycles. The van der Waals surface area contributed by atoms with Crippen LogP contribution in [0.25, 0.3) is 0 Å². The molecule has 114 valence electrons. The number of nitrogens with one attached hydrogen (secondary N) is 1. The van der Waals surface area contributed by atoms with Crippen LogP contribution in [0.1, 0.15) is 37.2 Å². The van der Waals surface area contributed by atoms with Crippen molar-refractivity contribution in [2.45, 2.75) is 31.6 Å². The Morgan fingerprint density at radius 1 is 1.29 bits per heavy atom. The number of hydrogen-bond acceptors (Lipinski definition) is 2. The SMILES string of the molecule is O=C(NCCCOCC1CC1)[C@@H]1C[C@@H]1c1ccc(F)cc1. The van der Waals surface area contributed by atoms with Crippen molar-refractivity contribution < 1.29 is 13.9 Å². The van der Waals surface area contributed by atoms with Crippen LogP contribution in [0.5, 0.6) is 0 Å². The molecule has 1 N–H and O–H groups in total. The van der Waals surface area contributed by atoms with Gasteiger partial charge < -0.3 is 10.1 Å². The van der Waals surface area contributed by atoms with E-state index in [1.54, 1.807) is 12.1 Å². The lowest BCUT2D eigenvalue weighted by molar-refractivity contribution is -0.122. The molecule has 0 radical (unpaired) electrons. The van der Waals surface area contributed by atoms with E-state index in [1.165, 1.54) is 25.0 Å². The van der Waals surface area contributed by atoms with Crippen LogP contribution in [0, 0.1) is 17.7 Å². The van der Waals surface area contributed by atoms with E-state index in [0.29, 0.717) is 6.54 Å². The standard InChI is InChI=1S/C17H22FNO2/c18-14-6-4-13(5-7-14)15-10-16(15)17(20)19-8-1-9-21-11-12-2-3-12/h4-7,12,15-16H,1-3,8-11H2,(H,19,20)/t15-,16-/m1/s1. The molecule has 2 saturated carbocycles. The highest BCUT2D eigenvalue weighted by Crippen LogP contribution is 2.47.